The van der Waals surface area contributed by atoms with Crippen molar-refractivity contribution < 1.29 is 23.4 Å². The third kappa shape index (κ3) is 4.75. The largest absolute Gasteiger partial charge is 0.481 e. The molecule has 122 valence electrons. The summed E-state index contributed by atoms with van der Waals surface area (Å²) in [7, 11) is 0. The van der Waals surface area contributed by atoms with Crippen molar-refractivity contribution in [3.63, 3.8) is 0 Å². The highest BCUT2D eigenvalue weighted by molar-refractivity contribution is 5.80. The summed E-state index contributed by atoms with van der Waals surface area (Å²) in [5.41, 5.74) is 0.682. The number of carbonyl (C=O) groups is 1. The van der Waals surface area contributed by atoms with Gasteiger partial charge >= 0.3 is 0 Å². The number of carbonyl (C=O) groups excluding carboxylic acids is 1. The van der Waals surface area contributed by atoms with E-state index in [1.807, 2.05) is 6.07 Å². The standard InChI is InChI=1S/C17H17F2NO3/c1-11(23-13-7-8-14(18)15(19)9-13)17(22)20-10-16(21)12-5-3-2-4-6-12/h2-9,11,16,21H,10H2,1H3,(H,20,22)/t11-,16-/m0/s1. The van der Waals surface area contributed by atoms with Crippen LogP contribution in [0.4, 0.5) is 8.78 Å². The third-order valence-electron chi connectivity index (χ3n) is 3.23. The zero-order valence-corrected chi connectivity index (χ0v) is 12.5. The van der Waals surface area contributed by atoms with Crippen LogP contribution in [0.3, 0.4) is 0 Å². The molecule has 6 heteroatoms. The van der Waals surface area contributed by atoms with E-state index in [4.69, 9.17) is 4.74 Å². The first-order valence-corrected chi connectivity index (χ1v) is 7.10. The van der Waals surface area contributed by atoms with E-state index in [-0.39, 0.29) is 12.3 Å². The van der Waals surface area contributed by atoms with Gasteiger partial charge in [-0.15, -0.1) is 0 Å². The van der Waals surface area contributed by atoms with E-state index in [0.717, 1.165) is 12.1 Å². The molecule has 0 fully saturated rings. The average molecular weight is 321 g/mol. The Labute approximate surface area is 132 Å². The SMILES string of the molecule is C[C@H](Oc1ccc(F)c(F)c1)C(=O)NC[C@H](O)c1ccccc1. The number of aliphatic hydroxyl groups is 1. The molecule has 0 radical (unpaired) electrons. The number of hydrogen-bond acceptors (Lipinski definition) is 3. The van der Waals surface area contributed by atoms with E-state index in [0.29, 0.717) is 5.56 Å². The van der Waals surface area contributed by atoms with Crippen molar-refractivity contribution in [2.75, 3.05) is 6.54 Å². The molecule has 0 unspecified atom stereocenters. The number of hydrogen-bond donors (Lipinski definition) is 2. The smallest absolute Gasteiger partial charge is 0.260 e. The maximum atomic E-state index is 13.1. The Kier molecular flexibility index (Phi) is 5.65. The molecule has 0 aliphatic carbocycles. The maximum Gasteiger partial charge on any atom is 0.260 e. The molecule has 0 aliphatic rings. The molecule has 0 saturated carbocycles. The third-order valence-corrected chi connectivity index (χ3v) is 3.23. The quantitative estimate of drug-likeness (QED) is 0.860. The Morgan fingerprint density at radius 2 is 1.87 bits per heavy atom. The summed E-state index contributed by atoms with van der Waals surface area (Å²) >= 11 is 0. The molecule has 2 aromatic carbocycles. The molecule has 0 aromatic heterocycles. The van der Waals surface area contributed by atoms with Crippen LogP contribution in [0.1, 0.15) is 18.6 Å². The van der Waals surface area contributed by atoms with Crippen LogP contribution in [0, 0.1) is 11.6 Å². The van der Waals surface area contributed by atoms with E-state index in [9.17, 15) is 18.7 Å². The predicted octanol–water partition coefficient (Wildman–Crippen LogP) is 2.58. The van der Waals surface area contributed by atoms with Gasteiger partial charge in [-0.1, -0.05) is 30.3 Å². The Bertz CT molecular complexity index is 664. The van der Waals surface area contributed by atoms with Gasteiger partial charge in [0.25, 0.3) is 5.91 Å². The lowest BCUT2D eigenvalue weighted by Gasteiger charge is -2.17. The summed E-state index contributed by atoms with van der Waals surface area (Å²) in [5, 5.41) is 12.5. The van der Waals surface area contributed by atoms with Gasteiger partial charge in [0.1, 0.15) is 5.75 Å². The lowest BCUT2D eigenvalue weighted by Crippen LogP contribution is -2.38. The summed E-state index contributed by atoms with van der Waals surface area (Å²) in [6.45, 7) is 1.50. The molecule has 2 atom stereocenters. The second-order valence-electron chi connectivity index (χ2n) is 5.01. The van der Waals surface area contributed by atoms with Gasteiger partial charge in [0.2, 0.25) is 0 Å². The summed E-state index contributed by atoms with van der Waals surface area (Å²) in [6.07, 6.45) is -1.75. The van der Waals surface area contributed by atoms with E-state index in [1.54, 1.807) is 24.3 Å². The van der Waals surface area contributed by atoms with Gasteiger partial charge < -0.3 is 15.2 Å². The topological polar surface area (TPSA) is 58.6 Å². The van der Waals surface area contributed by atoms with Crippen molar-refractivity contribution in [3.8, 4) is 5.75 Å². The summed E-state index contributed by atoms with van der Waals surface area (Å²) in [4.78, 5) is 11.9. The number of halogens is 2. The number of benzene rings is 2. The van der Waals surface area contributed by atoms with Crippen LogP contribution in [0.2, 0.25) is 0 Å². The Balaban J connectivity index is 1.86. The van der Waals surface area contributed by atoms with Crippen LogP contribution in [0.5, 0.6) is 5.75 Å². The van der Waals surface area contributed by atoms with Crippen molar-refractivity contribution >= 4 is 5.91 Å². The maximum absolute atomic E-state index is 13.1. The molecule has 4 nitrogen and oxygen atoms in total. The normalized spacial score (nSPS) is 13.2. The molecule has 0 spiro atoms. The molecule has 23 heavy (non-hydrogen) atoms. The van der Waals surface area contributed by atoms with Gasteiger partial charge in [0, 0.05) is 12.6 Å². The molecule has 0 saturated heterocycles. The fraction of sp³-hybridized carbons (Fsp3) is 0.235. The molecule has 0 aliphatic heterocycles. The molecule has 0 heterocycles. The fourth-order valence-electron chi connectivity index (χ4n) is 1.94. The van der Waals surface area contributed by atoms with Crippen molar-refractivity contribution in [1.82, 2.24) is 5.32 Å². The second-order valence-corrected chi connectivity index (χ2v) is 5.01. The van der Waals surface area contributed by atoms with E-state index in [1.165, 1.54) is 13.0 Å². The van der Waals surface area contributed by atoms with Crippen molar-refractivity contribution in [1.29, 1.82) is 0 Å². The van der Waals surface area contributed by atoms with Crippen LogP contribution in [-0.2, 0) is 4.79 Å². The fourth-order valence-corrected chi connectivity index (χ4v) is 1.94. The highest BCUT2D eigenvalue weighted by Crippen LogP contribution is 2.17. The van der Waals surface area contributed by atoms with E-state index in [2.05, 4.69) is 5.32 Å². The minimum Gasteiger partial charge on any atom is -0.481 e. The van der Waals surface area contributed by atoms with Crippen LogP contribution < -0.4 is 10.1 Å². The molecule has 2 rings (SSSR count). The summed E-state index contributed by atoms with van der Waals surface area (Å²) in [6, 6.07) is 11.9. The van der Waals surface area contributed by atoms with Crippen LogP contribution in [0.25, 0.3) is 0 Å². The van der Waals surface area contributed by atoms with Gasteiger partial charge in [-0.25, -0.2) is 8.78 Å². The van der Waals surface area contributed by atoms with Crippen LogP contribution in [0.15, 0.2) is 48.5 Å². The van der Waals surface area contributed by atoms with Crippen molar-refractivity contribution in [2.24, 2.45) is 0 Å². The highest BCUT2D eigenvalue weighted by atomic mass is 19.2. The van der Waals surface area contributed by atoms with E-state index < -0.39 is 29.7 Å². The van der Waals surface area contributed by atoms with Gasteiger partial charge in [0.05, 0.1) is 6.10 Å². The molecular formula is C17H17F2NO3. The van der Waals surface area contributed by atoms with Gasteiger partial charge in [-0.05, 0) is 24.6 Å². The first kappa shape index (κ1) is 16.9. The number of rotatable bonds is 6. The molecule has 2 aromatic rings. The Morgan fingerprint density at radius 3 is 2.52 bits per heavy atom. The average Bonchev–Trinajstić information content (AvgIpc) is 2.56. The zero-order chi connectivity index (χ0) is 16.8. The van der Waals surface area contributed by atoms with Crippen molar-refractivity contribution in [3.05, 3.63) is 65.7 Å². The van der Waals surface area contributed by atoms with Gasteiger partial charge in [-0.2, -0.15) is 0 Å². The van der Waals surface area contributed by atoms with Crippen LogP contribution in [-0.4, -0.2) is 23.7 Å². The zero-order valence-electron chi connectivity index (χ0n) is 12.5. The second kappa shape index (κ2) is 7.69. The number of amides is 1. The Morgan fingerprint density at radius 1 is 1.17 bits per heavy atom. The minimum atomic E-state index is -1.05. The first-order chi connectivity index (χ1) is 11.0. The van der Waals surface area contributed by atoms with Crippen molar-refractivity contribution in [2.45, 2.75) is 19.1 Å². The van der Waals surface area contributed by atoms with Crippen LogP contribution >= 0.6 is 0 Å². The van der Waals surface area contributed by atoms with Gasteiger partial charge in [0.15, 0.2) is 17.7 Å². The number of ether oxygens (including phenoxy) is 1. The Hall–Kier alpha value is -2.47. The number of nitrogens with one attached hydrogen (secondary N) is 1. The summed E-state index contributed by atoms with van der Waals surface area (Å²) < 4.78 is 31.2. The minimum absolute atomic E-state index is 0.0221. The molecular weight excluding hydrogens is 304 g/mol. The lowest BCUT2D eigenvalue weighted by molar-refractivity contribution is -0.127. The van der Waals surface area contributed by atoms with E-state index >= 15 is 0 Å². The lowest BCUT2D eigenvalue weighted by atomic mass is 10.1. The summed E-state index contributed by atoms with van der Waals surface area (Å²) in [5.74, 6) is -2.45. The monoisotopic (exact) mass is 321 g/mol. The van der Waals surface area contributed by atoms with Gasteiger partial charge in [-0.3, -0.25) is 4.79 Å². The molecule has 0 bridgehead atoms. The molecule has 1 amide bonds. The number of aliphatic hydroxyl groups excluding tert-OH is 1. The predicted molar refractivity (Wildman–Crippen MR) is 80.9 cm³/mol. The first-order valence-electron chi connectivity index (χ1n) is 7.10. The highest BCUT2D eigenvalue weighted by Gasteiger charge is 2.17. The molecule has 2 N–H and O–H groups in total.